The van der Waals surface area contributed by atoms with E-state index in [1.54, 1.807) is 7.05 Å². The third kappa shape index (κ3) is 7.80. The summed E-state index contributed by atoms with van der Waals surface area (Å²) in [6, 6.07) is 10.9. The highest BCUT2D eigenvalue weighted by Crippen LogP contribution is 2.19. The summed E-state index contributed by atoms with van der Waals surface area (Å²) < 4.78 is 4.64. The number of methoxy groups -OCH3 is 1. The number of rotatable bonds is 8. The molecular formula is C19H31IN4O2. The fourth-order valence-corrected chi connectivity index (χ4v) is 3.02. The lowest BCUT2D eigenvalue weighted by atomic mass is 10.2. The number of unbranched alkanes of at least 4 members (excludes halogenated alkanes) is 2. The Morgan fingerprint density at radius 3 is 2.73 bits per heavy atom. The van der Waals surface area contributed by atoms with E-state index in [2.05, 4.69) is 49.5 Å². The number of aliphatic imine (C=N–C) groups is 1. The molecule has 2 rings (SSSR count). The van der Waals surface area contributed by atoms with Crippen molar-refractivity contribution >= 4 is 41.6 Å². The SMILES string of the molecule is CN=C(NCCCCCC(=O)OC)NC1CCN(c2ccccc2)C1.I. The molecule has 0 aliphatic carbocycles. The van der Waals surface area contributed by atoms with Crippen molar-refractivity contribution in [1.82, 2.24) is 10.6 Å². The van der Waals surface area contributed by atoms with E-state index in [0.717, 1.165) is 51.3 Å². The van der Waals surface area contributed by atoms with E-state index in [1.807, 2.05) is 6.07 Å². The van der Waals surface area contributed by atoms with E-state index in [9.17, 15) is 4.79 Å². The number of nitrogens with zero attached hydrogens (tertiary/aromatic N) is 2. The summed E-state index contributed by atoms with van der Waals surface area (Å²) in [7, 11) is 3.23. The second-order valence-electron chi connectivity index (χ2n) is 6.30. The van der Waals surface area contributed by atoms with Crippen LogP contribution in [0.4, 0.5) is 5.69 Å². The molecule has 2 N–H and O–H groups in total. The Labute approximate surface area is 173 Å². The minimum absolute atomic E-state index is 0. The van der Waals surface area contributed by atoms with Gasteiger partial charge in [-0.3, -0.25) is 9.79 Å². The normalized spacial score (nSPS) is 16.8. The Kier molecular flexibility index (Phi) is 11.1. The van der Waals surface area contributed by atoms with Crippen molar-refractivity contribution in [2.45, 2.75) is 38.1 Å². The topological polar surface area (TPSA) is 66.0 Å². The zero-order valence-corrected chi connectivity index (χ0v) is 18.1. The third-order valence-corrected chi connectivity index (χ3v) is 4.45. The predicted molar refractivity (Wildman–Crippen MR) is 117 cm³/mol. The van der Waals surface area contributed by atoms with Crippen molar-refractivity contribution in [1.29, 1.82) is 0 Å². The third-order valence-electron chi connectivity index (χ3n) is 4.45. The van der Waals surface area contributed by atoms with Gasteiger partial charge in [-0.05, 0) is 31.4 Å². The fraction of sp³-hybridized carbons (Fsp3) is 0.579. The van der Waals surface area contributed by atoms with Crippen molar-refractivity contribution in [2.24, 2.45) is 4.99 Å². The number of nitrogens with one attached hydrogen (secondary N) is 2. The summed E-state index contributed by atoms with van der Waals surface area (Å²) in [6.45, 7) is 2.91. The van der Waals surface area contributed by atoms with Crippen LogP contribution in [0.3, 0.4) is 0 Å². The molecule has 6 nitrogen and oxygen atoms in total. The molecule has 1 saturated heterocycles. The lowest BCUT2D eigenvalue weighted by Crippen LogP contribution is -2.44. The van der Waals surface area contributed by atoms with Crippen LogP contribution in [0, 0.1) is 0 Å². The zero-order chi connectivity index (χ0) is 17.9. The molecule has 1 aliphatic rings. The summed E-state index contributed by atoms with van der Waals surface area (Å²) in [5.41, 5.74) is 1.28. The monoisotopic (exact) mass is 474 g/mol. The van der Waals surface area contributed by atoms with E-state index < -0.39 is 0 Å². The Morgan fingerprint density at radius 1 is 1.27 bits per heavy atom. The number of esters is 1. The van der Waals surface area contributed by atoms with Gasteiger partial charge in [0.05, 0.1) is 7.11 Å². The maximum absolute atomic E-state index is 11.1. The summed E-state index contributed by atoms with van der Waals surface area (Å²) >= 11 is 0. The van der Waals surface area contributed by atoms with Crippen molar-refractivity contribution in [3.63, 3.8) is 0 Å². The van der Waals surface area contributed by atoms with Gasteiger partial charge in [0, 0.05) is 44.8 Å². The number of carbonyl (C=O) groups excluding carboxylic acids is 1. The Balaban J connectivity index is 0.00000338. The van der Waals surface area contributed by atoms with Gasteiger partial charge >= 0.3 is 5.97 Å². The van der Waals surface area contributed by atoms with Gasteiger partial charge in [0.2, 0.25) is 0 Å². The molecule has 0 aromatic heterocycles. The minimum Gasteiger partial charge on any atom is -0.469 e. The minimum atomic E-state index is -0.130. The van der Waals surface area contributed by atoms with E-state index in [0.29, 0.717) is 12.5 Å². The van der Waals surface area contributed by atoms with Gasteiger partial charge in [-0.25, -0.2) is 0 Å². The number of benzene rings is 1. The summed E-state index contributed by atoms with van der Waals surface area (Å²) in [6.07, 6.45) is 4.49. The van der Waals surface area contributed by atoms with Gasteiger partial charge in [0.1, 0.15) is 0 Å². The molecule has 0 spiro atoms. The van der Waals surface area contributed by atoms with Crippen LogP contribution in [0.2, 0.25) is 0 Å². The van der Waals surface area contributed by atoms with Crippen molar-refractivity contribution in [2.75, 3.05) is 38.7 Å². The van der Waals surface area contributed by atoms with Gasteiger partial charge in [-0.15, -0.1) is 24.0 Å². The number of halogens is 1. The second-order valence-corrected chi connectivity index (χ2v) is 6.30. The van der Waals surface area contributed by atoms with Gasteiger partial charge in [-0.1, -0.05) is 24.6 Å². The molecule has 1 aromatic rings. The number of ether oxygens (including phenoxy) is 1. The average molecular weight is 474 g/mol. The largest absolute Gasteiger partial charge is 0.469 e. The molecule has 1 atom stereocenters. The first-order chi connectivity index (χ1) is 12.2. The summed E-state index contributed by atoms with van der Waals surface area (Å²) in [4.78, 5) is 17.8. The lowest BCUT2D eigenvalue weighted by Gasteiger charge is -2.20. The molecule has 0 bridgehead atoms. The summed E-state index contributed by atoms with van der Waals surface area (Å²) in [5.74, 6) is 0.725. The van der Waals surface area contributed by atoms with E-state index in [1.165, 1.54) is 12.8 Å². The van der Waals surface area contributed by atoms with Crippen molar-refractivity contribution < 1.29 is 9.53 Å². The molecule has 26 heavy (non-hydrogen) atoms. The molecule has 0 saturated carbocycles. The molecule has 1 unspecified atom stereocenters. The van der Waals surface area contributed by atoms with Crippen LogP contribution in [0.25, 0.3) is 0 Å². The average Bonchev–Trinajstić information content (AvgIpc) is 3.12. The number of anilines is 1. The maximum atomic E-state index is 11.1. The van der Waals surface area contributed by atoms with Crippen LogP contribution < -0.4 is 15.5 Å². The predicted octanol–water partition coefficient (Wildman–Crippen LogP) is 2.78. The highest BCUT2D eigenvalue weighted by atomic mass is 127. The smallest absolute Gasteiger partial charge is 0.305 e. The molecule has 1 fully saturated rings. The molecular weight excluding hydrogens is 443 g/mol. The van der Waals surface area contributed by atoms with Crippen LogP contribution in [0.1, 0.15) is 32.1 Å². The Bertz CT molecular complexity index is 554. The highest BCUT2D eigenvalue weighted by molar-refractivity contribution is 14.0. The first-order valence-corrected chi connectivity index (χ1v) is 9.07. The molecule has 0 amide bonds. The van der Waals surface area contributed by atoms with Crippen LogP contribution in [0.15, 0.2) is 35.3 Å². The van der Waals surface area contributed by atoms with Gasteiger partial charge in [0.15, 0.2) is 5.96 Å². The molecule has 1 aromatic carbocycles. The molecule has 1 heterocycles. The number of hydrogen-bond donors (Lipinski definition) is 2. The fourth-order valence-electron chi connectivity index (χ4n) is 3.02. The molecule has 7 heteroatoms. The Hall–Kier alpha value is -1.51. The number of para-hydroxylation sites is 1. The van der Waals surface area contributed by atoms with E-state index in [-0.39, 0.29) is 29.9 Å². The maximum Gasteiger partial charge on any atom is 0.305 e. The number of guanidine groups is 1. The van der Waals surface area contributed by atoms with Gasteiger partial charge in [0.25, 0.3) is 0 Å². The molecule has 146 valence electrons. The lowest BCUT2D eigenvalue weighted by molar-refractivity contribution is -0.140. The number of hydrogen-bond acceptors (Lipinski definition) is 4. The van der Waals surface area contributed by atoms with E-state index in [4.69, 9.17) is 0 Å². The second kappa shape index (κ2) is 12.8. The first kappa shape index (κ1) is 22.5. The van der Waals surface area contributed by atoms with Gasteiger partial charge in [-0.2, -0.15) is 0 Å². The van der Waals surface area contributed by atoms with E-state index >= 15 is 0 Å². The molecule has 0 radical (unpaired) electrons. The zero-order valence-electron chi connectivity index (χ0n) is 15.7. The quantitative estimate of drug-likeness (QED) is 0.200. The Morgan fingerprint density at radius 2 is 2.04 bits per heavy atom. The first-order valence-electron chi connectivity index (χ1n) is 9.07. The van der Waals surface area contributed by atoms with Crippen LogP contribution in [-0.2, 0) is 9.53 Å². The van der Waals surface area contributed by atoms with Crippen LogP contribution in [-0.4, -0.2) is 51.8 Å². The summed E-state index contributed by atoms with van der Waals surface area (Å²) in [5, 5.41) is 6.86. The highest BCUT2D eigenvalue weighted by Gasteiger charge is 2.23. The molecule has 1 aliphatic heterocycles. The van der Waals surface area contributed by atoms with Crippen LogP contribution in [0.5, 0.6) is 0 Å². The van der Waals surface area contributed by atoms with Gasteiger partial charge < -0.3 is 20.3 Å². The van der Waals surface area contributed by atoms with Crippen molar-refractivity contribution in [3.8, 4) is 0 Å². The number of carbonyl (C=O) groups is 1. The standard InChI is InChI=1S/C19H30N4O2.HI/c1-20-19(21-13-8-4-7-11-18(24)25-2)22-16-12-14-23(15-16)17-9-5-3-6-10-17;/h3,5-6,9-10,16H,4,7-8,11-15H2,1-2H3,(H2,20,21,22);1H. The van der Waals surface area contributed by atoms with Crippen molar-refractivity contribution in [3.05, 3.63) is 30.3 Å². The van der Waals surface area contributed by atoms with Crippen LogP contribution >= 0.6 is 24.0 Å².